The maximum absolute atomic E-state index is 12.9. The Labute approximate surface area is 120 Å². The molecular formula is C15H25N3O2. The highest BCUT2D eigenvalue weighted by Gasteiger charge is 2.58. The van der Waals surface area contributed by atoms with Crippen molar-refractivity contribution in [2.24, 2.45) is 17.8 Å². The van der Waals surface area contributed by atoms with Crippen LogP contribution in [0, 0.1) is 17.8 Å². The zero-order chi connectivity index (χ0) is 14.3. The van der Waals surface area contributed by atoms with Gasteiger partial charge in [0.15, 0.2) is 0 Å². The molecule has 5 nitrogen and oxygen atoms in total. The van der Waals surface area contributed by atoms with Crippen LogP contribution in [0.1, 0.15) is 39.5 Å². The molecule has 5 heteroatoms. The van der Waals surface area contributed by atoms with Crippen molar-refractivity contribution in [1.82, 2.24) is 15.5 Å². The first-order chi connectivity index (χ1) is 9.55. The van der Waals surface area contributed by atoms with Crippen LogP contribution < -0.4 is 10.6 Å². The molecule has 112 valence electrons. The highest BCUT2D eigenvalue weighted by Crippen LogP contribution is 2.42. The van der Waals surface area contributed by atoms with Gasteiger partial charge in [0.1, 0.15) is 5.54 Å². The molecule has 0 aromatic carbocycles. The lowest BCUT2D eigenvalue weighted by Gasteiger charge is -2.42. The summed E-state index contributed by atoms with van der Waals surface area (Å²) in [6.45, 7) is 6.68. The number of imide groups is 1. The SMILES string of the molecule is CC1CCCC(C)C12NC(=O)N(CC1CCNC1)C2=O. The summed E-state index contributed by atoms with van der Waals surface area (Å²) < 4.78 is 0. The molecule has 1 spiro atoms. The van der Waals surface area contributed by atoms with Crippen LogP contribution in [0.5, 0.6) is 0 Å². The van der Waals surface area contributed by atoms with Crippen LogP contribution in [0.25, 0.3) is 0 Å². The summed E-state index contributed by atoms with van der Waals surface area (Å²) >= 11 is 0. The molecule has 0 radical (unpaired) electrons. The Morgan fingerprint density at radius 1 is 1.20 bits per heavy atom. The highest BCUT2D eigenvalue weighted by atomic mass is 16.2. The fraction of sp³-hybridized carbons (Fsp3) is 0.867. The molecule has 0 bridgehead atoms. The van der Waals surface area contributed by atoms with Crippen molar-refractivity contribution < 1.29 is 9.59 Å². The minimum atomic E-state index is -0.638. The Kier molecular flexibility index (Phi) is 3.48. The predicted octanol–water partition coefficient (Wildman–Crippen LogP) is 1.34. The molecule has 0 aromatic heterocycles. The van der Waals surface area contributed by atoms with E-state index in [2.05, 4.69) is 24.5 Å². The lowest BCUT2D eigenvalue weighted by Crippen LogP contribution is -2.59. The van der Waals surface area contributed by atoms with E-state index in [9.17, 15) is 9.59 Å². The summed E-state index contributed by atoms with van der Waals surface area (Å²) in [6.07, 6.45) is 4.25. The number of rotatable bonds is 2. The molecule has 3 unspecified atom stereocenters. The average Bonchev–Trinajstić information content (AvgIpc) is 2.99. The van der Waals surface area contributed by atoms with Crippen molar-refractivity contribution in [1.29, 1.82) is 0 Å². The lowest BCUT2D eigenvalue weighted by molar-refractivity contribution is -0.136. The fourth-order valence-electron chi connectivity index (χ4n) is 4.25. The van der Waals surface area contributed by atoms with Crippen LogP contribution in [0.3, 0.4) is 0 Å². The summed E-state index contributed by atoms with van der Waals surface area (Å²) in [7, 11) is 0. The number of urea groups is 1. The predicted molar refractivity (Wildman–Crippen MR) is 76.1 cm³/mol. The van der Waals surface area contributed by atoms with E-state index in [0.29, 0.717) is 12.5 Å². The van der Waals surface area contributed by atoms with Crippen LogP contribution >= 0.6 is 0 Å². The van der Waals surface area contributed by atoms with E-state index in [0.717, 1.165) is 38.8 Å². The minimum Gasteiger partial charge on any atom is -0.323 e. The third-order valence-electron chi connectivity index (χ3n) is 5.59. The van der Waals surface area contributed by atoms with Gasteiger partial charge in [0.05, 0.1) is 0 Å². The molecule has 3 aliphatic rings. The number of nitrogens with zero attached hydrogens (tertiary/aromatic N) is 1. The van der Waals surface area contributed by atoms with Crippen LogP contribution in [0.15, 0.2) is 0 Å². The molecule has 3 atom stereocenters. The number of carbonyl (C=O) groups excluding carboxylic acids is 2. The van der Waals surface area contributed by atoms with E-state index in [1.807, 2.05) is 0 Å². The monoisotopic (exact) mass is 279 g/mol. The molecule has 1 saturated carbocycles. The second-order valence-electron chi connectivity index (χ2n) is 6.81. The fourth-order valence-corrected chi connectivity index (χ4v) is 4.25. The molecule has 2 heterocycles. The van der Waals surface area contributed by atoms with E-state index >= 15 is 0 Å². The standard InChI is InChI=1S/C15H25N3O2/c1-10-4-3-5-11(2)15(10)13(19)18(14(20)17-15)9-12-6-7-16-8-12/h10-12,16H,3-9H2,1-2H3,(H,17,20). The van der Waals surface area contributed by atoms with Crippen LogP contribution in [0.2, 0.25) is 0 Å². The first-order valence-corrected chi connectivity index (χ1v) is 7.90. The molecule has 2 N–H and O–H groups in total. The summed E-state index contributed by atoms with van der Waals surface area (Å²) in [6, 6.07) is -0.178. The van der Waals surface area contributed by atoms with Crippen molar-refractivity contribution in [3.05, 3.63) is 0 Å². The molecule has 2 aliphatic heterocycles. The van der Waals surface area contributed by atoms with Gasteiger partial charge in [-0.2, -0.15) is 0 Å². The van der Waals surface area contributed by atoms with Gasteiger partial charge >= 0.3 is 6.03 Å². The Bertz CT molecular complexity index is 407. The first kappa shape index (κ1) is 13.9. The van der Waals surface area contributed by atoms with Gasteiger partial charge in [-0.3, -0.25) is 9.69 Å². The van der Waals surface area contributed by atoms with E-state index in [-0.39, 0.29) is 23.8 Å². The Hall–Kier alpha value is -1.10. The summed E-state index contributed by atoms with van der Waals surface area (Å²) in [5.41, 5.74) is -0.638. The Morgan fingerprint density at radius 2 is 1.90 bits per heavy atom. The topological polar surface area (TPSA) is 61.4 Å². The number of hydrogen-bond donors (Lipinski definition) is 2. The lowest BCUT2D eigenvalue weighted by atomic mass is 9.67. The van der Waals surface area contributed by atoms with E-state index < -0.39 is 5.54 Å². The Balaban J connectivity index is 1.81. The average molecular weight is 279 g/mol. The van der Waals surface area contributed by atoms with Crippen LogP contribution in [-0.4, -0.2) is 42.0 Å². The van der Waals surface area contributed by atoms with E-state index in [4.69, 9.17) is 0 Å². The van der Waals surface area contributed by atoms with Crippen LogP contribution in [-0.2, 0) is 4.79 Å². The van der Waals surface area contributed by atoms with Gasteiger partial charge in [-0.15, -0.1) is 0 Å². The molecule has 20 heavy (non-hydrogen) atoms. The van der Waals surface area contributed by atoms with E-state index in [1.165, 1.54) is 4.90 Å². The number of carbonyl (C=O) groups is 2. The van der Waals surface area contributed by atoms with Gasteiger partial charge in [0.2, 0.25) is 0 Å². The number of nitrogens with one attached hydrogen (secondary N) is 2. The summed E-state index contributed by atoms with van der Waals surface area (Å²) in [5.74, 6) is 0.895. The molecule has 3 rings (SSSR count). The first-order valence-electron chi connectivity index (χ1n) is 7.90. The molecule has 0 aromatic rings. The van der Waals surface area contributed by atoms with Gasteiger partial charge in [-0.1, -0.05) is 20.3 Å². The Morgan fingerprint density at radius 3 is 2.50 bits per heavy atom. The third kappa shape index (κ3) is 1.94. The maximum atomic E-state index is 12.9. The zero-order valence-electron chi connectivity index (χ0n) is 12.4. The largest absolute Gasteiger partial charge is 0.325 e. The van der Waals surface area contributed by atoms with Crippen molar-refractivity contribution in [2.75, 3.05) is 19.6 Å². The summed E-state index contributed by atoms with van der Waals surface area (Å²) in [4.78, 5) is 26.7. The second-order valence-corrected chi connectivity index (χ2v) is 6.81. The second kappa shape index (κ2) is 5.02. The maximum Gasteiger partial charge on any atom is 0.325 e. The quantitative estimate of drug-likeness (QED) is 0.750. The third-order valence-corrected chi connectivity index (χ3v) is 5.59. The van der Waals surface area contributed by atoms with Crippen molar-refractivity contribution in [2.45, 2.75) is 45.1 Å². The van der Waals surface area contributed by atoms with Gasteiger partial charge in [-0.05, 0) is 50.1 Å². The van der Waals surface area contributed by atoms with Gasteiger partial charge < -0.3 is 10.6 Å². The summed E-state index contributed by atoms with van der Waals surface area (Å²) in [5, 5.41) is 6.35. The molecule has 3 fully saturated rings. The number of amides is 3. The zero-order valence-corrected chi connectivity index (χ0v) is 12.4. The van der Waals surface area contributed by atoms with Crippen molar-refractivity contribution in [3.8, 4) is 0 Å². The van der Waals surface area contributed by atoms with Crippen LogP contribution in [0.4, 0.5) is 4.79 Å². The molecule has 2 saturated heterocycles. The van der Waals surface area contributed by atoms with Crippen molar-refractivity contribution in [3.63, 3.8) is 0 Å². The van der Waals surface area contributed by atoms with Crippen molar-refractivity contribution >= 4 is 11.9 Å². The normalized spacial score (nSPS) is 41.5. The van der Waals surface area contributed by atoms with E-state index in [1.54, 1.807) is 0 Å². The molecule has 1 aliphatic carbocycles. The van der Waals surface area contributed by atoms with Gasteiger partial charge in [0, 0.05) is 6.54 Å². The number of hydrogen-bond acceptors (Lipinski definition) is 3. The van der Waals surface area contributed by atoms with Gasteiger partial charge in [-0.25, -0.2) is 4.79 Å². The molecule has 3 amide bonds. The highest BCUT2D eigenvalue weighted by molar-refractivity contribution is 6.07. The minimum absolute atomic E-state index is 0.0223. The smallest absolute Gasteiger partial charge is 0.323 e. The molecular weight excluding hydrogens is 254 g/mol. The van der Waals surface area contributed by atoms with Gasteiger partial charge in [0.25, 0.3) is 5.91 Å².